The van der Waals surface area contributed by atoms with Crippen molar-refractivity contribution in [2.24, 2.45) is 14.1 Å². The maximum absolute atomic E-state index is 5.47. The van der Waals surface area contributed by atoms with Crippen LogP contribution in [-0.2, 0) is 106 Å². The molecule has 12 aromatic heterocycles. The molecular weight excluding hydrogens is 1930 g/mol. The van der Waals surface area contributed by atoms with Gasteiger partial charge in [-0.05, 0) is 91.6 Å². The van der Waals surface area contributed by atoms with Gasteiger partial charge < -0.3 is 57.3 Å². The van der Waals surface area contributed by atoms with E-state index >= 15 is 0 Å². The standard InChI is InChI=1S/2C40H32N6.C22H24N6.Cu.2Pt/c2*1-39(2)31-23-45(25-15-7-5-8-16-25)37(41-31)34-28-20-12-14-22-30(28)36(44-34)40(3,4)32-24-46(26-17-9-6-10-18-26)38(42-32)33-27-19-11-13-21-29(27)35(39)43-33;1-21(2)15-9-7-13(23-15)20-26-18(12-28(20)6)22(3,4)16-10-8-14(24-16)19-25-17(21)11-27(19)5;;;/h2*5-24H,1-4H3;7-12H,1-6H3;;;/q3*-2;3*+2. The minimum atomic E-state index is -0.533. The Morgan fingerprint density at radius 3 is 0.659 bits per heavy atom. The third kappa shape index (κ3) is 12.9. The minimum Gasteiger partial charge on any atom is -0.658 e. The Balaban J connectivity index is 0.000000128. The molecule has 0 saturated carbocycles. The molecule has 3 aliphatic heterocycles. The Morgan fingerprint density at radius 2 is 0.423 bits per heavy atom. The van der Waals surface area contributed by atoms with Crippen LogP contribution in [-0.4, -0.2) is 57.3 Å². The summed E-state index contributed by atoms with van der Waals surface area (Å²) in [5.74, 6) is 5.01. The van der Waals surface area contributed by atoms with E-state index in [4.69, 9.17) is 59.8 Å². The average molecular weight is 2020 g/mol. The SMILES string of the molecule is CC1(C)c2cn(-c3ccccc3)c(n2)-c2[n-]c(c3ccccc23)C(C)(C)c2cn(-c3ccccc3)c(n2)-c2[n-]c1c1ccccc21.CC1(C)c2cn(-c3ccccc3)c(n2)-c2[n-]c(c3ccccc23)C(C)(C)c2cn(-c3ccccc3)c(n2)-c2[n-]c1c1ccccc21.Cn1cc2nc1-c1ccc([n-]1)C(C)(C)c1cn(C)c(n1)-c1ccc([n-]1)C2(C)C.[Cu+2].[Pt+2].[Pt+2]. The molecule has 20 aromatic rings. The van der Waals surface area contributed by atoms with Gasteiger partial charge in [0.1, 0.15) is 34.9 Å². The first kappa shape index (κ1) is 81.6. The number of hydrogen-bond donors (Lipinski definition) is 0. The Bertz CT molecular complexity index is 6610. The van der Waals surface area contributed by atoms with E-state index in [0.717, 1.165) is 203 Å². The van der Waals surface area contributed by atoms with E-state index in [2.05, 4.69) is 366 Å². The van der Waals surface area contributed by atoms with Crippen molar-refractivity contribution >= 4 is 43.1 Å². The normalized spacial score (nSPS) is 14.9. The molecule has 0 N–H and O–H groups in total. The van der Waals surface area contributed by atoms with Gasteiger partial charge in [0, 0.05) is 107 Å². The molecular formula is C102H88CuN18Pt2. The maximum Gasteiger partial charge on any atom is 2.00 e. The van der Waals surface area contributed by atoms with Gasteiger partial charge in [-0.15, -0.1) is 34.2 Å². The van der Waals surface area contributed by atoms with Crippen molar-refractivity contribution in [1.29, 1.82) is 0 Å². The van der Waals surface area contributed by atoms with Crippen molar-refractivity contribution in [2.45, 2.75) is 116 Å². The second-order valence-corrected chi connectivity index (χ2v) is 35.3. The van der Waals surface area contributed by atoms with Crippen LogP contribution >= 0.6 is 0 Å². The number of imidazole rings is 6. The Morgan fingerprint density at radius 1 is 0.220 bits per heavy atom. The van der Waals surface area contributed by atoms with Gasteiger partial charge in [-0.25, -0.2) is 29.9 Å². The van der Waals surface area contributed by atoms with Gasteiger partial charge in [0.15, 0.2) is 0 Å². The summed E-state index contributed by atoms with van der Waals surface area (Å²) in [4.78, 5) is 63.4. The first-order valence-electron chi connectivity index (χ1n) is 41.1. The summed E-state index contributed by atoms with van der Waals surface area (Å²) in [7, 11) is 4.04. The molecule has 1 radical (unpaired) electrons. The zero-order valence-electron chi connectivity index (χ0n) is 70.5. The fourth-order valence-corrected chi connectivity index (χ4v) is 18.1. The molecule has 0 saturated heterocycles. The monoisotopic (exact) mass is 2020 g/mol. The molecule has 15 heterocycles. The molecule has 18 nitrogen and oxygen atoms in total. The van der Waals surface area contributed by atoms with Gasteiger partial charge in [-0.1, -0.05) is 311 Å². The van der Waals surface area contributed by atoms with Gasteiger partial charge in [0.2, 0.25) is 0 Å². The summed E-state index contributed by atoms with van der Waals surface area (Å²) in [6.45, 7) is 26.4. The van der Waals surface area contributed by atoms with Crippen LogP contribution in [0.2, 0.25) is 0 Å². The maximum atomic E-state index is 5.47. The second-order valence-electron chi connectivity index (χ2n) is 35.3. The first-order valence-corrected chi connectivity index (χ1v) is 41.1. The number of fused-ring (bicyclic) bond motifs is 42. The molecule has 8 aromatic carbocycles. The molecule has 3 aliphatic rings. The molecule has 23 rings (SSSR count). The molecule has 0 aliphatic carbocycles. The quantitative estimate of drug-likeness (QED) is 0.152. The number of nitrogens with zero attached hydrogens (tertiary/aromatic N) is 18. The molecule has 24 bridgehead atoms. The van der Waals surface area contributed by atoms with Crippen LogP contribution in [0.15, 0.2) is 280 Å². The molecule has 617 valence electrons. The fourth-order valence-electron chi connectivity index (χ4n) is 18.1. The van der Waals surface area contributed by atoms with Crippen LogP contribution in [0.3, 0.4) is 0 Å². The number of para-hydroxylation sites is 4. The van der Waals surface area contributed by atoms with Crippen LogP contribution in [0.1, 0.15) is 151 Å². The van der Waals surface area contributed by atoms with E-state index < -0.39 is 21.7 Å². The van der Waals surface area contributed by atoms with Gasteiger partial charge in [-0.3, -0.25) is 0 Å². The van der Waals surface area contributed by atoms with Crippen LogP contribution in [0, 0.1) is 0 Å². The minimum absolute atomic E-state index is 0. The molecule has 0 amide bonds. The van der Waals surface area contributed by atoms with Crippen molar-refractivity contribution in [1.82, 2.24) is 87.2 Å². The molecule has 21 heteroatoms. The number of hydrogen-bond acceptors (Lipinski definition) is 6. The second kappa shape index (κ2) is 30.0. The van der Waals surface area contributed by atoms with Crippen molar-refractivity contribution in [3.63, 3.8) is 0 Å². The van der Waals surface area contributed by atoms with Gasteiger partial charge >= 0.3 is 59.2 Å². The van der Waals surface area contributed by atoms with Crippen LogP contribution in [0.4, 0.5) is 0 Å². The van der Waals surface area contributed by atoms with Gasteiger partial charge in [-0.2, -0.15) is 0 Å². The van der Waals surface area contributed by atoms with Crippen molar-refractivity contribution in [3.8, 4) is 91.9 Å². The zero-order valence-corrected chi connectivity index (χ0v) is 76.0. The van der Waals surface area contributed by atoms with E-state index in [1.54, 1.807) is 0 Å². The molecule has 0 atom stereocenters. The van der Waals surface area contributed by atoms with E-state index in [1.807, 2.05) is 38.4 Å². The average Bonchev–Trinajstić information content (AvgIpc) is 1.57. The Labute approximate surface area is 753 Å². The van der Waals surface area contributed by atoms with E-state index in [-0.39, 0.29) is 70.0 Å². The molecule has 0 fully saturated rings. The molecule has 123 heavy (non-hydrogen) atoms. The third-order valence-electron chi connectivity index (χ3n) is 25.4. The van der Waals surface area contributed by atoms with E-state index in [1.165, 1.54) is 0 Å². The van der Waals surface area contributed by atoms with Crippen LogP contribution in [0.25, 0.3) is 135 Å². The smallest absolute Gasteiger partial charge is 0.658 e. The molecule has 0 unspecified atom stereocenters. The van der Waals surface area contributed by atoms with E-state index in [9.17, 15) is 0 Å². The summed E-state index contributed by atoms with van der Waals surface area (Å²) in [6, 6.07) is 84.0. The summed E-state index contributed by atoms with van der Waals surface area (Å²) in [6.07, 6.45) is 12.9. The first-order chi connectivity index (χ1) is 57.8. The predicted octanol–water partition coefficient (Wildman–Crippen LogP) is 20.5. The van der Waals surface area contributed by atoms with Crippen LogP contribution < -0.4 is 29.9 Å². The number of benzene rings is 8. The summed E-state index contributed by atoms with van der Waals surface area (Å²) in [5.41, 5.74) is 18.2. The van der Waals surface area contributed by atoms with Gasteiger partial charge in [0.25, 0.3) is 0 Å². The topological polar surface area (TPSA) is 192 Å². The Kier molecular flexibility index (Phi) is 19.9. The Hall–Kier alpha value is -12.4. The van der Waals surface area contributed by atoms with E-state index in [0.29, 0.717) is 0 Å². The zero-order chi connectivity index (χ0) is 82.3. The van der Waals surface area contributed by atoms with Crippen molar-refractivity contribution < 1.29 is 59.2 Å². The third-order valence-corrected chi connectivity index (χ3v) is 25.4. The van der Waals surface area contributed by atoms with Crippen molar-refractivity contribution in [3.05, 3.63) is 348 Å². The fraction of sp³-hybridized carbons (Fsp3) is 0.196. The van der Waals surface area contributed by atoms with Gasteiger partial charge in [0.05, 0.1) is 34.2 Å². The number of aromatic nitrogens is 18. The number of rotatable bonds is 4. The molecule has 0 spiro atoms. The number of aryl methyl sites for hydroxylation is 2. The van der Waals surface area contributed by atoms with Crippen molar-refractivity contribution in [2.75, 3.05) is 0 Å². The summed E-state index contributed by atoms with van der Waals surface area (Å²) in [5, 5.41) is 8.74. The van der Waals surface area contributed by atoms with Crippen LogP contribution in [0.5, 0.6) is 0 Å². The summed E-state index contributed by atoms with van der Waals surface area (Å²) < 4.78 is 12.9. The largest absolute Gasteiger partial charge is 2.00 e. The summed E-state index contributed by atoms with van der Waals surface area (Å²) >= 11 is 0. The predicted molar refractivity (Wildman–Crippen MR) is 476 cm³/mol.